The number of nitrogens with zero attached hydrogens (tertiary/aromatic N) is 2. The van der Waals surface area contributed by atoms with Crippen LogP contribution in [0.2, 0.25) is 0 Å². The number of halogens is 1. The summed E-state index contributed by atoms with van der Waals surface area (Å²) in [6.45, 7) is 0. The Morgan fingerprint density at radius 3 is 2.65 bits per heavy atom. The Morgan fingerprint density at radius 1 is 1.30 bits per heavy atom. The Hall–Kier alpha value is -1.93. The van der Waals surface area contributed by atoms with Crippen LogP contribution in [0.5, 0.6) is 0 Å². The van der Waals surface area contributed by atoms with E-state index in [1.165, 1.54) is 47.4 Å². The minimum Gasteiger partial charge on any atom is -0.290 e. The van der Waals surface area contributed by atoms with E-state index in [9.17, 15) is 14.0 Å². The number of thiazole rings is 1. The molecule has 0 saturated carbocycles. The molecule has 2 aromatic heterocycles. The maximum atomic E-state index is 12.9. The molecule has 0 aliphatic carbocycles. The van der Waals surface area contributed by atoms with E-state index in [1.54, 1.807) is 0 Å². The fraction of sp³-hybridized carbons (Fsp3) is 0.0833. The van der Waals surface area contributed by atoms with Crippen molar-refractivity contribution in [2.24, 2.45) is 0 Å². The molecule has 102 valence electrons. The molecule has 0 saturated heterocycles. The second-order valence-electron chi connectivity index (χ2n) is 3.91. The van der Waals surface area contributed by atoms with Gasteiger partial charge in [-0.25, -0.2) is 18.7 Å². The van der Waals surface area contributed by atoms with Crippen molar-refractivity contribution in [3.8, 4) is 5.69 Å². The molecule has 0 fully saturated rings. The smallest absolute Gasteiger partial charge is 0.290 e. The third kappa shape index (κ3) is 2.06. The summed E-state index contributed by atoms with van der Waals surface area (Å²) in [6, 6.07) is 5.17. The van der Waals surface area contributed by atoms with Gasteiger partial charge in [0.05, 0.1) is 5.69 Å². The summed E-state index contributed by atoms with van der Waals surface area (Å²) in [7, 11) is 0. The molecular weight excluding hydrogens is 301 g/mol. The number of benzene rings is 1. The average molecular weight is 309 g/mol. The lowest BCUT2D eigenvalue weighted by atomic mass is 10.3. The molecule has 0 spiro atoms. The van der Waals surface area contributed by atoms with Gasteiger partial charge >= 0.3 is 5.69 Å². The average Bonchev–Trinajstić information content (AvgIpc) is 2.84. The van der Waals surface area contributed by atoms with Crippen LogP contribution in [0.3, 0.4) is 0 Å². The first-order valence-electron chi connectivity index (χ1n) is 5.56. The van der Waals surface area contributed by atoms with Gasteiger partial charge in [0.25, 0.3) is 5.56 Å². The minimum absolute atomic E-state index is 0.285. The molecule has 0 aliphatic heterocycles. The zero-order chi connectivity index (χ0) is 14.3. The van der Waals surface area contributed by atoms with Gasteiger partial charge in [-0.2, -0.15) is 0 Å². The van der Waals surface area contributed by atoms with Crippen LogP contribution >= 0.6 is 23.1 Å². The molecule has 0 aliphatic rings. The van der Waals surface area contributed by atoms with Crippen molar-refractivity contribution in [3.63, 3.8) is 0 Å². The topological polar surface area (TPSA) is 67.8 Å². The minimum atomic E-state index is -0.591. The van der Waals surface area contributed by atoms with E-state index in [1.807, 2.05) is 6.26 Å². The van der Waals surface area contributed by atoms with Crippen LogP contribution in [0.25, 0.3) is 16.0 Å². The molecule has 8 heteroatoms. The monoisotopic (exact) mass is 309 g/mol. The normalized spacial score (nSPS) is 11.1. The van der Waals surface area contributed by atoms with E-state index in [2.05, 4.69) is 9.97 Å². The summed E-state index contributed by atoms with van der Waals surface area (Å²) in [5, 5.41) is 0. The van der Waals surface area contributed by atoms with E-state index < -0.39 is 17.1 Å². The molecule has 3 aromatic rings. The fourth-order valence-electron chi connectivity index (χ4n) is 1.79. The fourth-order valence-corrected chi connectivity index (χ4v) is 3.24. The second kappa shape index (κ2) is 4.88. The van der Waals surface area contributed by atoms with Crippen LogP contribution < -0.4 is 11.2 Å². The van der Waals surface area contributed by atoms with Crippen LogP contribution in [0.15, 0.2) is 38.2 Å². The van der Waals surface area contributed by atoms with Crippen molar-refractivity contribution in [2.75, 3.05) is 6.26 Å². The van der Waals surface area contributed by atoms with Gasteiger partial charge in [0, 0.05) is 0 Å². The molecule has 1 N–H and O–H groups in total. The number of aromatic nitrogens is 3. The number of hydrogen-bond donors (Lipinski definition) is 1. The Kier molecular flexibility index (Phi) is 3.19. The van der Waals surface area contributed by atoms with Gasteiger partial charge in [-0.1, -0.05) is 11.8 Å². The standard InChI is InChI=1S/C12H8FN3O2S2/c1-19-12-15-9-8(20-12)10(17)16(11(18)14-9)7-4-2-6(13)3-5-7/h2-5H,1H3,(H,14,18). The van der Waals surface area contributed by atoms with Crippen molar-refractivity contribution < 1.29 is 4.39 Å². The first kappa shape index (κ1) is 13.1. The number of thioether (sulfide) groups is 1. The molecule has 0 atom stereocenters. The highest BCUT2D eigenvalue weighted by atomic mass is 32.2. The number of hydrogen-bond acceptors (Lipinski definition) is 5. The highest BCUT2D eigenvalue weighted by Crippen LogP contribution is 2.24. The third-order valence-electron chi connectivity index (χ3n) is 2.69. The SMILES string of the molecule is CSc1nc2[nH]c(=O)n(-c3ccc(F)cc3)c(=O)c2s1. The first-order valence-corrected chi connectivity index (χ1v) is 7.60. The van der Waals surface area contributed by atoms with Crippen LogP contribution in [0, 0.1) is 5.82 Å². The van der Waals surface area contributed by atoms with E-state index in [-0.39, 0.29) is 5.65 Å². The Balaban J connectivity index is 2.33. The van der Waals surface area contributed by atoms with Gasteiger partial charge in [0.2, 0.25) is 0 Å². The third-order valence-corrected chi connectivity index (χ3v) is 4.72. The molecule has 2 heterocycles. The number of nitrogens with one attached hydrogen (secondary N) is 1. The predicted molar refractivity (Wildman–Crippen MR) is 77.6 cm³/mol. The van der Waals surface area contributed by atoms with Gasteiger partial charge < -0.3 is 0 Å². The number of fused-ring (bicyclic) bond motifs is 1. The van der Waals surface area contributed by atoms with Crippen molar-refractivity contribution in [3.05, 3.63) is 50.9 Å². The number of H-pyrrole nitrogens is 1. The Bertz CT molecular complexity index is 896. The molecular formula is C12H8FN3O2S2. The van der Waals surface area contributed by atoms with Crippen LogP contribution in [-0.2, 0) is 0 Å². The summed E-state index contributed by atoms with van der Waals surface area (Å²) >= 11 is 2.62. The molecule has 20 heavy (non-hydrogen) atoms. The van der Waals surface area contributed by atoms with Crippen molar-refractivity contribution >= 4 is 33.4 Å². The molecule has 5 nitrogen and oxygen atoms in total. The first-order chi connectivity index (χ1) is 9.60. The number of aromatic amines is 1. The zero-order valence-corrected chi connectivity index (χ0v) is 11.8. The molecule has 0 unspecified atom stereocenters. The summed E-state index contributed by atoms with van der Waals surface area (Å²) < 4.78 is 15.0. The van der Waals surface area contributed by atoms with E-state index in [4.69, 9.17) is 0 Å². The molecule has 0 radical (unpaired) electrons. The van der Waals surface area contributed by atoms with E-state index >= 15 is 0 Å². The Labute approximate surface area is 120 Å². The van der Waals surface area contributed by atoms with Crippen molar-refractivity contribution in [1.82, 2.24) is 14.5 Å². The van der Waals surface area contributed by atoms with Gasteiger partial charge in [-0.3, -0.25) is 9.78 Å². The van der Waals surface area contributed by atoms with Gasteiger partial charge in [-0.15, -0.1) is 11.3 Å². The lowest BCUT2D eigenvalue weighted by Gasteiger charge is -2.03. The van der Waals surface area contributed by atoms with Crippen LogP contribution in [0.1, 0.15) is 0 Å². The maximum Gasteiger partial charge on any atom is 0.334 e. The van der Waals surface area contributed by atoms with Crippen molar-refractivity contribution in [2.45, 2.75) is 4.34 Å². The summed E-state index contributed by atoms with van der Waals surface area (Å²) in [6.07, 6.45) is 1.84. The highest BCUT2D eigenvalue weighted by molar-refractivity contribution is 8.00. The Morgan fingerprint density at radius 2 is 2.00 bits per heavy atom. The van der Waals surface area contributed by atoms with Crippen LogP contribution in [0.4, 0.5) is 4.39 Å². The highest BCUT2D eigenvalue weighted by Gasteiger charge is 2.13. The molecule has 3 rings (SSSR count). The lowest BCUT2D eigenvalue weighted by molar-refractivity contribution is 0.627. The van der Waals surface area contributed by atoms with E-state index in [0.29, 0.717) is 14.7 Å². The zero-order valence-electron chi connectivity index (χ0n) is 10.2. The summed E-state index contributed by atoms with van der Waals surface area (Å²) in [4.78, 5) is 31.1. The number of rotatable bonds is 2. The summed E-state index contributed by atoms with van der Waals surface area (Å²) in [5.74, 6) is -0.429. The van der Waals surface area contributed by atoms with Gasteiger partial charge in [0.1, 0.15) is 10.5 Å². The summed E-state index contributed by atoms with van der Waals surface area (Å²) in [5.41, 5.74) is -0.438. The quantitative estimate of drug-likeness (QED) is 0.735. The van der Waals surface area contributed by atoms with E-state index in [0.717, 1.165) is 4.57 Å². The molecule has 1 aromatic carbocycles. The molecule has 0 amide bonds. The van der Waals surface area contributed by atoms with Gasteiger partial charge in [-0.05, 0) is 30.5 Å². The van der Waals surface area contributed by atoms with Gasteiger partial charge in [0.15, 0.2) is 9.99 Å². The maximum absolute atomic E-state index is 12.9. The lowest BCUT2D eigenvalue weighted by Crippen LogP contribution is -2.33. The van der Waals surface area contributed by atoms with Crippen molar-refractivity contribution in [1.29, 1.82) is 0 Å². The molecule has 0 bridgehead atoms. The largest absolute Gasteiger partial charge is 0.334 e. The second-order valence-corrected chi connectivity index (χ2v) is 5.96. The predicted octanol–water partition coefficient (Wildman–Crippen LogP) is 2.00. The van der Waals surface area contributed by atoms with Crippen LogP contribution in [-0.4, -0.2) is 20.8 Å².